The van der Waals surface area contributed by atoms with Crippen LogP contribution in [0.5, 0.6) is 5.75 Å². The molecule has 2 heterocycles. The minimum atomic E-state index is -4.78. The monoisotopic (exact) mass is 414 g/mol. The van der Waals surface area contributed by atoms with Crippen molar-refractivity contribution in [3.8, 4) is 28.1 Å². The highest BCUT2D eigenvalue weighted by molar-refractivity contribution is 7.28. The summed E-state index contributed by atoms with van der Waals surface area (Å²) in [6.07, 6.45) is -1.80. The van der Waals surface area contributed by atoms with Crippen LogP contribution in [0.3, 0.4) is 0 Å². The number of aromatic nitrogens is 3. The van der Waals surface area contributed by atoms with Gasteiger partial charge in [0.05, 0.1) is 11.2 Å². The van der Waals surface area contributed by atoms with Gasteiger partial charge in [-0.15, -0.1) is 22.4 Å². The van der Waals surface area contributed by atoms with Gasteiger partial charge in [-0.3, -0.25) is 4.98 Å². The van der Waals surface area contributed by atoms with Crippen LogP contribution in [0.1, 0.15) is 0 Å². The van der Waals surface area contributed by atoms with Crippen molar-refractivity contribution >= 4 is 31.3 Å². The number of ether oxygens (including phenoxy) is 1. The average Bonchev–Trinajstić information content (AvgIpc) is 2.69. The van der Waals surface area contributed by atoms with Crippen molar-refractivity contribution in [2.24, 2.45) is 0 Å². The van der Waals surface area contributed by atoms with Gasteiger partial charge in [0.1, 0.15) is 17.9 Å². The fraction of sp³-hybridized carbons (Fsp3) is 0.0500. The van der Waals surface area contributed by atoms with Gasteiger partial charge in [-0.05, 0) is 41.2 Å². The average molecular weight is 414 g/mol. The molecule has 0 aliphatic heterocycles. The molecule has 1 atom stereocenters. The van der Waals surface area contributed by atoms with Crippen LogP contribution in [-0.4, -0.2) is 21.3 Å². The lowest BCUT2D eigenvalue weighted by molar-refractivity contribution is -0.274. The first-order valence-corrected chi connectivity index (χ1v) is 9.01. The molecule has 4 aromatic rings. The number of hydrogen-bond acceptors (Lipinski definition) is 5. The van der Waals surface area contributed by atoms with E-state index in [2.05, 4.69) is 28.9 Å². The molecule has 5 nitrogen and oxygen atoms in total. The van der Waals surface area contributed by atoms with Crippen LogP contribution in [0, 0.1) is 0 Å². The van der Waals surface area contributed by atoms with E-state index < -0.39 is 6.36 Å². The van der Waals surface area contributed by atoms with Gasteiger partial charge in [-0.25, -0.2) is 9.97 Å². The Morgan fingerprint density at radius 1 is 0.931 bits per heavy atom. The molecular formula is C20H14F3N4OP. The first-order chi connectivity index (χ1) is 13.8. The predicted molar refractivity (Wildman–Crippen MR) is 109 cm³/mol. The Bertz CT molecular complexity index is 1210. The van der Waals surface area contributed by atoms with Gasteiger partial charge < -0.3 is 10.5 Å². The lowest BCUT2D eigenvalue weighted by Crippen LogP contribution is -2.17. The van der Waals surface area contributed by atoms with Gasteiger partial charge in [0, 0.05) is 22.7 Å². The second-order valence-corrected chi connectivity index (χ2v) is 6.81. The van der Waals surface area contributed by atoms with Crippen LogP contribution in [0.15, 0.2) is 61.1 Å². The maximum Gasteiger partial charge on any atom is 0.573 e. The first-order valence-electron chi connectivity index (χ1n) is 8.43. The standard InChI is InChI=1S/C20H14F3N4OP/c21-20(22,23)28-12-4-6-17(29)15(9-12)18-13(2-1-7-25-18)11-3-5-16-14(8-11)19(24)27-10-26-16/h1-10H,29H2,(H2,24,26,27). The number of fused-ring (bicyclic) bond motifs is 1. The third-order valence-electron chi connectivity index (χ3n) is 4.30. The molecule has 9 heteroatoms. The van der Waals surface area contributed by atoms with E-state index in [1.807, 2.05) is 24.3 Å². The normalized spacial score (nSPS) is 11.6. The highest BCUT2D eigenvalue weighted by Gasteiger charge is 2.31. The summed E-state index contributed by atoms with van der Waals surface area (Å²) < 4.78 is 42.0. The molecule has 4 rings (SSSR count). The quantitative estimate of drug-likeness (QED) is 0.505. The molecule has 2 aromatic carbocycles. The number of rotatable bonds is 3. The number of hydrogen-bond donors (Lipinski definition) is 1. The number of anilines is 1. The Kier molecular flexibility index (Phi) is 4.80. The van der Waals surface area contributed by atoms with Crippen LogP contribution in [0.2, 0.25) is 0 Å². The van der Waals surface area contributed by atoms with Crippen molar-refractivity contribution < 1.29 is 17.9 Å². The molecule has 0 fully saturated rings. The number of halogens is 3. The maximum absolute atomic E-state index is 12.6. The fourth-order valence-electron chi connectivity index (χ4n) is 3.03. The van der Waals surface area contributed by atoms with Crippen molar-refractivity contribution in [3.63, 3.8) is 0 Å². The highest BCUT2D eigenvalue weighted by atomic mass is 31.0. The molecule has 0 aliphatic carbocycles. The topological polar surface area (TPSA) is 73.9 Å². The van der Waals surface area contributed by atoms with E-state index >= 15 is 0 Å². The van der Waals surface area contributed by atoms with Crippen molar-refractivity contribution in [2.45, 2.75) is 6.36 Å². The molecule has 0 saturated carbocycles. The third-order valence-corrected chi connectivity index (χ3v) is 4.80. The molecule has 146 valence electrons. The number of nitrogens with zero attached hydrogens (tertiary/aromatic N) is 3. The summed E-state index contributed by atoms with van der Waals surface area (Å²) in [5.74, 6) is 0.0288. The summed E-state index contributed by atoms with van der Waals surface area (Å²) in [6.45, 7) is 0. The molecule has 0 saturated heterocycles. The summed E-state index contributed by atoms with van der Waals surface area (Å²) >= 11 is 0. The predicted octanol–water partition coefficient (Wildman–Crippen LogP) is 4.34. The molecular weight excluding hydrogens is 400 g/mol. The Morgan fingerprint density at radius 2 is 1.76 bits per heavy atom. The molecule has 2 N–H and O–H groups in total. The summed E-state index contributed by atoms with van der Waals surface area (Å²) in [7, 11) is 2.51. The van der Waals surface area contributed by atoms with Gasteiger partial charge in [-0.2, -0.15) is 0 Å². The summed E-state index contributed by atoms with van der Waals surface area (Å²) in [4.78, 5) is 12.6. The molecule has 0 spiro atoms. The van der Waals surface area contributed by atoms with E-state index in [4.69, 9.17) is 5.73 Å². The van der Waals surface area contributed by atoms with E-state index in [1.165, 1.54) is 24.5 Å². The Balaban J connectivity index is 1.87. The minimum Gasteiger partial charge on any atom is -0.406 e. The molecule has 1 unspecified atom stereocenters. The van der Waals surface area contributed by atoms with Crippen LogP contribution in [0.25, 0.3) is 33.3 Å². The molecule has 0 amide bonds. The summed E-state index contributed by atoms with van der Waals surface area (Å²) in [5, 5.41) is 1.36. The van der Waals surface area contributed by atoms with Crippen molar-refractivity contribution in [1.29, 1.82) is 0 Å². The lowest BCUT2D eigenvalue weighted by Gasteiger charge is -2.14. The molecule has 2 aromatic heterocycles. The summed E-state index contributed by atoms with van der Waals surface area (Å²) in [5.41, 5.74) is 9.19. The van der Waals surface area contributed by atoms with Crippen molar-refractivity contribution in [3.05, 3.63) is 61.1 Å². The SMILES string of the molecule is Nc1ncnc2ccc(-c3cccnc3-c3cc(OC(F)(F)F)ccc3P)cc12. The number of nitrogens with two attached hydrogens (primary N) is 1. The fourth-order valence-corrected chi connectivity index (χ4v) is 3.35. The number of alkyl halides is 3. The third kappa shape index (κ3) is 3.98. The number of nitrogen functional groups attached to an aromatic ring is 1. The molecule has 0 bridgehead atoms. The van der Waals surface area contributed by atoms with Crippen LogP contribution in [-0.2, 0) is 0 Å². The zero-order valence-corrected chi connectivity index (χ0v) is 16.0. The molecule has 0 aliphatic rings. The largest absolute Gasteiger partial charge is 0.573 e. The minimum absolute atomic E-state index is 0.313. The van der Waals surface area contributed by atoms with Crippen LogP contribution >= 0.6 is 9.24 Å². The zero-order valence-electron chi connectivity index (χ0n) is 14.8. The Labute approximate surface area is 166 Å². The van der Waals surface area contributed by atoms with Crippen LogP contribution in [0.4, 0.5) is 19.0 Å². The van der Waals surface area contributed by atoms with Crippen molar-refractivity contribution in [2.75, 3.05) is 5.73 Å². The van der Waals surface area contributed by atoms with Gasteiger partial charge in [-0.1, -0.05) is 18.2 Å². The van der Waals surface area contributed by atoms with Crippen LogP contribution < -0.4 is 15.8 Å². The first kappa shape index (κ1) is 19.1. The highest BCUT2D eigenvalue weighted by Crippen LogP contribution is 2.34. The maximum atomic E-state index is 12.6. The van der Waals surface area contributed by atoms with E-state index in [9.17, 15) is 13.2 Å². The Hall–Kier alpha value is -3.25. The number of pyridine rings is 1. The van der Waals surface area contributed by atoms with Gasteiger partial charge in [0.25, 0.3) is 0 Å². The van der Waals surface area contributed by atoms with Gasteiger partial charge in [0.2, 0.25) is 0 Å². The van der Waals surface area contributed by atoms with E-state index in [0.717, 1.165) is 11.1 Å². The van der Waals surface area contributed by atoms with Gasteiger partial charge in [0.15, 0.2) is 0 Å². The van der Waals surface area contributed by atoms with E-state index in [1.54, 1.807) is 12.3 Å². The lowest BCUT2D eigenvalue weighted by atomic mass is 9.98. The van der Waals surface area contributed by atoms with E-state index in [-0.39, 0.29) is 5.75 Å². The molecule has 29 heavy (non-hydrogen) atoms. The van der Waals surface area contributed by atoms with Crippen molar-refractivity contribution in [1.82, 2.24) is 15.0 Å². The second kappa shape index (κ2) is 7.29. The second-order valence-electron chi connectivity index (χ2n) is 6.19. The number of benzene rings is 2. The Morgan fingerprint density at radius 3 is 2.55 bits per heavy atom. The smallest absolute Gasteiger partial charge is 0.406 e. The van der Waals surface area contributed by atoms with E-state index in [0.29, 0.717) is 33.3 Å². The summed E-state index contributed by atoms with van der Waals surface area (Å²) in [6, 6.07) is 13.2. The molecule has 0 radical (unpaired) electrons. The van der Waals surface area contributed by atoms with Gasteiger partial charge >= 0.3 is 6.36 Å². The zero-order chi connectivity index (χ0) is 20.6.